The number of hydrogen-bond donors (Lipinski definition) is 1. The second kappa shape index (κ2) is 9.48. The predicted octanol–water partition coefficient (Wildman–Crippen LogP) is 5.29. The van der Waals surface area contributed by atoms with E-state index in [0.29, 0.717) is 5.75 Å². The van der Waals surface area contributed by atoms with Gasteiger partial charge in [0.1, 0.15) is 5.75 Å². The summed E-state index contributed by atoms with van der Waals surface area (Å²) in [5.74, 6) is 0.432. The summed E-state index contributed by atoms with van der Waals surface area (Å²) >= 11 is 0. The molecule has 2 rings (SSSR count). The lowest BCUT2D eigenvalue weighted by molar-refractivity contribution is 0.118. The summed E-state index contributed by atoms with van der Waals surface area (Å²) in [4.78, 5) is 0. The van der Waals surface area contributed by atoms with Gasteiger partial charge in [-0.1, -0.05) is 62.2 Å². The monoisotopic (exact) mass is 326 g/mol. The topological polar surface area (TPSA) is 29.5 Å². The van der Waals surface area contributed by atoms with Crippen molar-refractivity contribution in [3.63, 3.8) is 0 Å². The number of rotatable bonds is 9. The molecular weight excluding hydrogens is 296 g/mol. The van der Waals surface area contributed by atoms with E-state index in [1.807, 2.05) is 25.1 Å². The highest BCUT2D eigenvalue weighted by atomic mass is 16.5. The lowest BCUT2D eigenvalue weighted by Gasteiger charge is -2.16. The molecule has 2 heteroatoms. The number of aryl methyl sites for hydroxylation is 1. The van der Waals surface area contributed by atoms with Crippen LogP contribution in [0.1, 0.15) is 55.4 Å². The van der Waals surface area contributed by atoms with Crippen molar-refractivity contribution in [3.8, 4) is 5.75 Å². The molecule has 24 heavy (non-hydrogen) atoms. The van der Waals surface area contributed by atoms with Gasteiger partial charge in [-0.25, -0.2) is 0 Å². The van der Waals surface area contributed by atoms with Crippen LogP contribution in [0.2, 0.25) is 0 Å². The Balaban J connectivity index is 2.28. The van der Waals surface area contributed by atoms with Crippen LogP contribution in [0.15, 0.2) is 42.5 Å². The van der Waals surface area contributed by atoms with Gasteiger partial charge in [-0.3, -0.25) is 0 Å². The maximum Gasteiger partial charge on any atom is 0.122 e. The first-order valence-corrected chi connectivity index (χ1v) is 9.04. The van der Waals surface area contributed by atoms with E-state index in [-0.39, 0.29) is 6.10 Å². The molecule has 0 amide bonds. The fourth-order valence-corrected chi connectivity index (χ4v) is 3.05. The third-order valence-corrected chi connectivity index (χ3v) is 4.54. The number of aromatic hydroxyl groups is 1. The highest BCUT2D eigenvalue weighted by molar-refractivity contribution is 5.46. The van der Waals surface area contributed by atoms with E-state index in [0.717, 1.165) is 30.4 Å². The molecule has 1 unspecified atom stereocenters. The lowest BCUT2D eigenvalue weighted by Crippen LogP contribution is -2.10. The second-order valence-electron chi connectivity index (χ2n) is 6.63. The highest BCUT2D eigenvalue weighted by Gasteiger charge is 2.13. The summed E-state index contributed by atoms with van der Waals surface area (Å²) < 4.78 is 5.39. The van der Waals surface area contributed by atoms with Crippen LogP contribution >= 0.6 is 0 Å². The van der Waals surface area contributed by atoms with E-state index in [4.69, 9.17) is 4.74 Å². The van der Waals surface area contributed by atoms with E-state index in [2.05, 4.69) is 31.2 Å². The van der Waals surface area contributed by atoms with Gasteiger partial charge >= 0.3 is 0 Å². The molecule has 0 aliphatic heterocycles. The Morgan fingerprint density at radius 3 is 2.38 bits per heavy atom. The molecule has 0 aliphatic rings. The smallest absolute Gasteiger partial charge is 0.122 e. The van der Waals surface area contributed by atoms with Gasteiger partial charge < -0.3 is 9.84 Å². The van der Waals surface area contributed by atoms with Crippen LogP contribution in [0.3, 0.4) is 0 Å². The Labute approximate surface area is 146 Å². The van der Waals surface area contributed by atoms with E-state index >= 15 is 0 Å². The van der Waals surface area contributed by atoms with E-state index in [1.165, 1.54) is 30.4 Å². The number of ether oxygens (including phenoxy) is 1. The van der Waals surface area contributed by atoms with Gasteiger partial charge in [0.05, 0.1) is 6.10 Å². The van der Waals surface area contributed by atoms with Crippen LogP contribution in [0.5, 0.6) is 5.75 Å². The zero-order valence-corrected chi connectivity index (χ0v) is 15.2. The van der Waals surface area contributed by atoms with Gasteiger partial charge in [-0.05, 0) is 42.0 Å². The van der Waals surface area contributed by atoms with Gasteiger partial charge in [0.2, 0.25) is 0 Å². The second-order valence-corrected chi connectivity index (χ2v) is 6.63. The molecule has 0 saturated heterocycles. The fourth-order valence-electron chi connectivity index (χ4n) is 3.05. The van der Waals surface area contributed by atoms with Crippen molar-refractivity contribution < 1.29 is 9.84 Å². The molecular formula is C22H30O2. The van der Waals surface area contributed by atoms with Crippen LogP contribution < -0.4 is 0 Å². The van der Waals surface area contributed by atoms with Crippen molar-refractivity contribution in [1.82, 2.24) is 0 Å². The van der Waals surface area contributed by atoms with Gasteiger partial charge in [-0.15, -0.1) is 0 Å². The molecule has 0 heterocycles. The lowest BCUT2D eigenvalue weighted by atomic mass is 9.94. The number of unbranched alkanes of at least 4 members (excludes halogenated alkanes) is 2. The number of hydrogen-bond acceptors (Lipinski definition) is 2. The Morgan fingerprint density at radius 1 is 1.00 bits per heavy atom. The molecule has 0 aliphatic carbocycles. The molecule has 0 spiro atoms. The van der Waals surface area contributed by atoms with Crippen molar-refractivity contribution in [2.45, 2.75) is 58.5 Å². The van der Waals surface area contributed by atoms with Crippen LogP contribution in [0.4, 0.5) is 0 Å². The Morgan fingerprint density at radius 2 is 1.71 bits per heavy atom. The molecule has 0 bridgehead atoms. The minimum absolute atomic E-state index is 0.103. The molecule has 2 aromatic rings. The average molecular weight is 326 g/mol. The van der Waals surface area contributed by atoms with Crippen LogP contribution in [0.25, 0.3) is 0 Å². The predicted molar refractivity (Wildman–Crippen MR) is 101 cm³/mol. The number of phenols is 1. The van der Waals surface area contributed by atoms with E-state index < -0.39 is 0 Å². The molecule has 1 N–H and O–H groups in total. The molecule has 2 nitrogen and oxygen atoms in total. The summed E-state index contributed by atoms with van der Waals surface area (Å²) in [7, 11) is 1.72. The highest BCUT2D eigenvalue weighted by Crippen LogP contribution is 2.29. The average Bonchev–Trinajstić information content (AvgIpc) is 2.59. The van der Waals surface area contributed by atoms with Crippen LogP contribution in [-0.2, 0) is 24.0 Å². The maximum atomic E-state index is 10.7. The first-order chi connectivity index (χ1) is 11.6. The molecule has 130 valence electrons. The summed E-state index contributed by atoms with van der Waals surface area (Å²) in [6, 6.07) is 14.7. The third kappa shape index (κ3) is 5.38. The SMILES string of the molecule is CCCCCc1cc(Cc2ccccc2)c(O)c(CC(C)OC)c1. The summed E-state index contributed by atoms with van der Waals surface area (Å²) in [6.07, 6.45) is 6.36. The van der Waals surface area contributed by atoms with Gasteiger partial charge in [0, 0.05) is 20.0 Å². The van der Waals surface area contributed by atoms with Crippen LogP contribution in [-0.4, -0.2) is 18.3 Å². The molecule has 1 atom stereocenters. The molecule has 2 aromatic carbocycles. The Kier molecular flexibility index (Phi) is 7.33. The fraction of sp³-hybridized carbons (Fsp3) is 0.455. The van der Waals surface area contributed by atoms with E-state index in [9.17, 15) is 5.11 Å². The third-order valence-electron chi connectivity index (χ3n) is 4.54. The number of benzene rings is 2. The maximum absolute atomic E-state index is 10.7. The summed E-state index contributed by atoms with van der Waals surface area (Å²) in [5, 5.41) is 10.7. The minimum Gasteiger partial charge on any atom is -0.507 e. The largest absolute Gasteiger partial charge is 0.507 e. The first kappa shape index (κ1) is 18.5. The molecule has 0 fully saturated rings. The van der Waals surface area contributed by atoms with Crippen molar-refractivity contribution in [2.75, 3.05) is 7.11 Å². The van der Waals surface area contributed by atoms with Gasteiger partial charge in [-0.2, -0.15) is 0 Å². The minimum atomic E-state index is 0.103. The molecule has 0 saturated carbocycles. The molecule has 0 radical (unpaired) electrons. The van der Waals surface area contributed by atoms with Gasteiger partial charge in [0.15, 0.2) is 0 Å². The normalized spacial score (nSPS) is 12.3. The van der Waals surface area contributed by atoms with E-state index in [1.54, 1.807) is 7.11 Å². The van der Waals surface area contributed by atoms with Crippen molar-refractivity contribution in [1.29, 1.82) is 0 Å². The Bertz CT molecular complexity index is 619. The quantitative estimate of drug-likeness (QED) is 0.634. The van der Waals surface area contributed by atoms with Crippen LogP contribution in [0, 0.1) is 0 Å². The summed E-state index contributed by atoms with van der Waals surface area (Å²) in [6.45, 7) is 4.27. The standard InChI is InChI=1S/C22H30O2/c1-4-5-7-12-19-15-20(13-17(2)24-3)22(23)21(16-19)14-18-10-8-6-9-11-18/h6,8-11,15-17,23H,4-5,7,12-14H2,1-3H3. The van der Waals surface area contributed by atoms with Gasteiger partial charge in [0.25, 0.3) is 0 Å². The number of phenolic OH excluding ortho intramolecular Hbond substituents is 1. The molecule has 0 aromatic heterocycles. The van der Waals surface area contributed by atoms with Crippen molar-refractivity contribution in [2.24, 2.45) is 0 Å². The van der Waals surface area contributed by atoms with Crippen molar-refractivity contribution >= 4 is 0 Å². The zero-order chi connectivity index (χ0) is 17.4. The van der Waals surface area contributed by atoms with Crippen molar-refractivity contribution in [3.05, 3.63) is 64.7 Å². The number of methoxy groups -OCH3 is 1. The summed E-state index contributed by atoms with van der Waals surface area (Å²) in [5.41, 5.74) is 4.58. The Hall–Kier alpha value is -1.80. The zero-order valence-electron chi connectivity index (χ0n) is 15.2. The first-order valence-electron chi connectivity index (χ1n) is 9.04.